The van der Waals surface area contributed by atoms with Gasteiger partial charge in [0, 0.05) is 18.4 Å². The van der Waals surface area contributed by atoms with E-state index in [4.69, 9.17) is 14.0 Å². The number of fused-ring (bicyclic) bond motifs is 2. The van der Waals surface area contributed by atoms with Gasteiger partial charge in [-0.25, -0.2) is 0 Å². The van der Waals surface area contributed by atoms with Crippen molar-refractivity contribution in [2.75, 3.05) is 0 Å². The Balaban J connectivity index is 1.36. The number of benzene rings is 2. The lowest BCUT2D eigenvalue weighted by atomic mass is 9.77. The number of carbonyl (C=O) groups is 1. The lowest BCUT2D eigenvalue weighted by Gasteiger charge is -2.28. The SMILES string of the molecule is CC(C)OC(=O)CCC/C=C\C[C@@H]1[C@@H](/C=C/[C@@H](O)CCc2ccccc2)[C@H]2C[C@@H]1OB(c1ccccc1)O2. The summed E-state index contributed by atoms with van der Waals surface area (Å²) < 4.78 is 18.1. The molecule has 2 aliphatic rings. The number of aliphatic hydroxyl groups is 1. The molecule has 0 spiro atoms. The molecule has 2 aromatic carbocycles. The monoisotopic (exact) mass is 516 g/mol. The Morgan fingerprint density at radius 3 is 2.50 bits per heavy atom. The Bertz CT molecular complexity index is 1040. The van der Waals surface area contributed by atoms with E-state index >= 15 is 0 Å². The Morgan fingerprint density at radius 2 is 1.76 bits per heavy atom. The molecule has 1 N–H and O–H groups in total. The molecule has 202 valence electrons. The number of hydrogen-bond donors (Lipinski definition) is 1. The van der Waals surface area contributed by atoms with Gasteiger partial charge in [-0.05, 0) is 69.3 Å². The minimum absolute atomic E-state index is 0.0562. The smallest absolute Gasteiger partial charge is 0.463 e. The molecule has 0 unspecified atom stereocenters. The molecule has 0 aromatic heterocycles. The summed E-state index contributed by atoms with van der Waals surface area (Å²) in [5, 5.41) is 10.7. The average molecular weight is 516 g/mol. The molecule has 0 amide bonds. The Labute approximate surface area is 228 Å². The second-order valence-corrected chi connectivity index (χ2v) is 10.7. The average Bonchev–Trinajstić information content (AvgIpc) is 3.16. The number of esters is 1. The zero-order valence-electron chi connectivity index (χ0n) is 22.7. The first-order valence-electron chi connectivity index (χ1n) is 14.1. The molecule has 6 heteroatoms. The fourth-order valence-corrected chi connectivity index (χ4v) is 5.45. The largest absolute Gasteiger partial charge is 0.494 e. The van der Waals surface area contributed by atoms with E-state index in [1.807, 2.05) is 68.5 Å². The molecule has 1 saturated carbocycles. The molecule has 2 aromatic rings. The summed E-state index contributed by atoms with van der Waals surface area (Å²) in [6.07, 6.45) is 13.4. The maximum Gasteiger partial charge on any atom is 0.494 e. The zero-order valence-corrected chi connectivity index (χ0v) is 22.7. The number of unbranched alkanes of at least 4 members (excludes halogenated alkanes) is 1. The molecule has 2 bridgehead atoms. The molecule has 2 fully saturated rings. The van der Waals surface area contributed by atoms with Crippen LogP contribution in [-0.4, -0.2) is 42.6 Å². The third-order valence-corrected chi connectivity index (χ3v) is 7.36. The molecule has 1 saturated heterocycles. The molecule has 4 rings (SSSR count). The standard InChI is InChI=1S/C32H41BO5/c1-24(2)36-32(35)18-12-4-3-11-17-28-29(22-21-27(34)20-19-25-13-7-5-8-14-25)31-23-30(28)37-33(38-31)26-15-9-6-10-16-26/h3,5-11,13-16,21-22,24,27-31,34H,4,12,17-20,23H2,1-2H3/b11-3-,22-21+/t27-,28+,29+,30-,31+/m0/s1. The Kier molecular flexibility index (Phi) is 10.8. The van der Waals surface area contributed by atoms with E-state index in [1.54, 1.807) is 0 Å². The van der Waals surface area contributed by atoms with Gasteiger partial charge in [0.05, 0.1) is 18.3 Å². The van der Waals surface area contributed by atoms with Crippen molar-refractivity contribution in [2.45, 2.75) is 83.2 Å². The number of carbonyl (C=O) groups excluding carboxylic acids is 1. The van der Waals surface area contributed by atoms with Crippen molar-refractivity contribution in [3.63, 3.8) is 0 Å². The highest BCUT2D eigenvalue weighted by atomic mass is 16.6. The van der Waals surface area contributed by atoms with Crippen LogP contribution in [0.15, 0.2) is 85.0 Å². The van der Waals surface area contributed by atoms with Crippen molar-refractivity contribution < 1.29 is 23.9 Å². The summed E-state index contributed by atoms with van der Waals surface area (Å²) in [7, 11) is -0.361. The van der Waals surface area contributed by atoms with Crippen LogP contribution in [0.5, 0.6) is 0 Å². The van der Waals surface area contributed by atoms with Gasteiger partial charge in [-0.3, -0.25) is 4.79 Å². The summed E-state index contributed by atoms with van der Waals surface area (Å²) >= 11 is 0. The fraction of sp³-hybridized carbons (Fsp3) is 0.469. The van der Waals surface area contributed by atoms with Crippen molar-refractivity contribution in [2.24, 2.45) is 11.8 Å². The second kappa shape index (κ2) is 14.5. The van der Waals surface area contributed by atoms with Crippen molar-refractivity contribution in [1.29, 1.82) is 0 Å². The molecule has 0 radical (unpaired) electrons. The first-order valence-corrected chi connectivity index (χ1v) is 14.1. The topological polar surface area (TPSA) is 65.0 Å². The first-order chi connectivity index (χ1) is 18.5. The van der Waals surface area contributed by atoms with Crippen molar-refractivity contribution in [3.05, 3.63) is 90.5 Å². The zero-order chi connectivity index (χ0) is 26.7. The van der Waals surface area contributed by atoms with Crippen LogP contribution in [0.3, 0.4) is 0 Å². The van der Waals surface area contributed by atoms with E-state index in [2.05, 4.69) is 30.4 Å². The van der Waals surface area contributed by atoms with E-state index in [9.17, 15) is 9.90 Å². The van der Waals surface area contributed by atoms with E-state index in [0.717, 1.165) is 37.6 Å². The molecule has 1 aliphatic heterocycles. The van der Waals surface area contributed by atoms with Crippen LogP contribution in [-0.2, 0) is 25.3 Å². The predicted octanol–water partition coefficient (Wildman–Crippen LogP) is 5.42. The summed E-state index contributed by atoms with van der Waals surface area (Å²) in [5.41, 5.74) is 2.27. The summed E-state index contributed by atoms with van der Waals surface area (Å²) in [6, 6.07) is 20.4. The van der Waals surface area contributed by atoms with Gasteiger partial charge in [0.15, 0.2) is 0 Å². The van der Waals surface area contributed by atoms with Crippen LogP contribution >= 0.6 is 0 Å². The second-order valence-electron chi connectivity index (χ2n) is 10.7. The summed E-state index contributed by atoms with van der Waals surface area (Å²) in [6.45, 7) is 3.74. The summed E-state index contributed by atoms with van der Waals surface area (Å²) in [4.78, 5) is 11.8. The van der Waals surface area contributed by atoms with Gasteiger partial charge in [0.2, 0.25) is 0 Å². The van der Waals surface area contributed by atoms with Crippen LogP contribution < -0.4 is 5.46 Å². The fourth-order valence-electron chi connectivity index (χ4n) is 5.45. The maximum absolute atomic E-state index is 11.8. The van der Waals surface area contributed by atoms with E-state index < -0.39 is 6.10 Å². The van der Waals surface area contributed by atoms with E-state index in [-0.39, 0.29) is 43.2 Å². The van der Waals surface area contributed by atoms with Crippen LogP contribution in [0.4, 0.5) is 0 Å². The Hall–Kier alpha value is -2.67. The summed E-state index contributed by atoms with van der Waals surface area (Å²) in [5.74, 6) is 0.311. The highest BCUT2D eigenvalue weighted by Gasteiger charge is 2.50. The van der Waals surface area contributed by atoms with Crippen LogP contribution in [0.2, 0.25) is 0 Å². The van der Waals surface area contributed by atoms with Gasteiger partial charge in [-0.15, -0.1) is 0 Å². The highest BCUT2D eigenvalue weighted by molar-refractivity contribution is 6.61. The number of hydrogen-bond acceptors (Lipinski definition) is 5. The maximum atomic E-state index is 11.8. The minimum Gasteiger partial charge on any atom is -0.463 e. The number of ether oxygens (including phenoxy) is 1. The van der Waals surface area contributed by atoms with Gasteiger partial charge in [-0.1, -0.05) is 85.0 Å². The Morgan fingerprint density at radius 1 is 1.05 bits per heavy atom. The van der Waals surface area contributed by atoms with Crippen molar-refractivity contribution in [1.82, 2.24) is 0 Å². The van der Waals surface area contributed by atoms with Gasteiger partial charge in [-0.2, -0.15) is 0 Å². The third-order valence-electron chi connectivity index (χ3n) is 7.36. The minimum atomic E-state index is -0.497. The lowest BCUT2D eigenvalue weighted by molar-refractivity contribution is -0.147. The lowest BCUT2D eigenvalue weighted by Crippen LogP contribution is -2.45. The van der Waals surface area contributed by atoms with Crippen LogP contribution in [0.1, 0.15) is 57.9 Å². The van der Waals surface area contributed by atoms with Gasteiger partial charge in [0.1, 0.15) is 0 Å². The molecule has 5 nitrogen and oxygen atoms in total. The number of aliphatic hydroxyl groups excluding tert-OH is 1. The number of rotatable bonds is 13. The quantitative estimate of drug-likeness (QED) is 0.167. The van der Waals surface area contributed by atoms with E-state index in [1.165, 1.54) is 5.56 Å². The van der Waals surface area contributed by atoms with Gasteiger partial charge in [0.25, 0.3) is 0 Å². The predicted molar refractivity (Wildman–Crippen MR) is 152 cm³/mol. The molecule has 1 aliphatic carbocycles. The molecular formula is C32H41BO5. The van der Waals surface area contributed by atoms with E-state index in [0.29, 0.717) is 12.8 Å². The van der Waals surface area contributed by atoms with Crippen LogP contribution in [0, 0.1) is 11.8 Å². The molecule has 38 heavy (non-hydrogen) atoms. The first kappa shape index (κ1) is 28.3. The molecule has 1 heterocycles. The number of aryl methyl sites for hydroxylation is 1. The highest BCUT2D eigenvalue weighted by Crippen LogP contribution is 2.43. The van der Waals surface area contributed by atoms with Crippen molar-refractivity contribution in [3.8, 4) is 0 Å². The van der Waals surface area contributed by atoms with Gasteiger partial charge >= 0.3 is 13.1 Å². The van der Waals surface area contributed by atoms with Crippen molar-refractivity contribution >= 4 is 18.6 Å². The normalized spacial score (nSPS) is 23.9. The van der Waals surface area contributed by atoms with Crippen LogP contribution in [0.25, 0.3) is 0 Å². The molecular weight excluding hydrogens is 475 g/mol. The molecule has 5 atom stereocenters. The number of allylic oxidation sites excluding steroid dienone is 2. The van der Waals surface area contributed by atoms with Gasteiger partial charge < -0.3 is 19.2 Å². The third kappa shape index (κ3) is 8.42.